The first kappa shape index (κ1) is 14.9. The maximum atomic E-state index is 5.45. The monoisotopic (exact) mass is 276 g/mol. The number of imidazole rings is 1. The summed E-state index contributed by atoms with van der Waals surface area (Å²) in [5.74, 6) is 1.17. The van der Waals surface area contributed by atoms with Crippen LogP contribution in [0.2, 0.25) is 0 Å². The number of aryl methyl sites for hydroxylation is 1. The van der Waals surface area contributed by atoms with Crippen LogP contribution in [0.1, 0.15) is 57.6 Å². The van der Waals surface area contributed by atoms with Gasteiger partial charge in [-0.3, -0.25) is 0 Å². The largest absolute Gasteiger partial charge is 0.379 e. The van der Waals surface area contributed by atoms with Gasteiger partial charge in [0.15, 0.2) is 5.65 Å². The predicted molar refractivity (Wildman–Crippen MR) is 80.0 cm³/mol. The van der Waals surface area contributed by atoms with Crippen LogP contribution in [0.15, 0.2) is 6.33 Å². The molecule has 110 valence electrons. The predicted octanol–water partition coefficient (Wildman–Crippen LogP) is 3.25. The van der Waals surface area contributed by atoms with Gasteiger partial charge in [0.05, 0.1) is 24.7 Å². The summed E-state index contributed by atoms with van der Waals surface area (Å²) >= 11 is 0. The second kappa shape index (κ2) is 6.31. The van der Waals surface area contributed by atoms with Gasteiger partial charge in [0.25, 0.3) is 0 Å². The van der Waals surface area contributed by atoms with E-state index >= 15 is 0 Å². The van der Waals surface area contributed by atoms with Crippen molar-refractivity contribution in [2.75, 3.05) is 13.2 Å². The van der Waals surface area contributed by atoms with E-state index in [9.17, 15) is 0 Å². The first-order valence-corrected chi connectivity index (χ1v) is 7.45. The number of rotatable bonds is 2. The molecule has 0 amide bonds. The summed E-state index contributed by atoms with van der Waals surface area (Å²) in [6.07, 6.45) is 2.91. The standard InChI is InChI=1S/C13H18N4O.C2H6/c1-8(2)11-12-13(16-9(3)15-11)17(7-14-12)10-4-5-18-6-10;1-2/h7-8,10H,4-6H2,1-3H3;1-2H3. The summed E-state index contributed by atoms with van der Waals surface area (Å²) in [6, 6.07) is 0.365. The van der Waals surface area contributed by atoms with E-state index in [1.807, 2.05) is 27.1 Å². The molecule has 0 spiro atoms. The molecule has 1 fully saturated rings. The zero-order valence-electron chi connectivity index (χ0n) is 13.1. The fourth-order valence-corrected chi connectivity index (χ4v) is 2.46. The van der Waals surface area contributed by atoms with Crippen LogP contribution in [0.25, 0.3) is 11.2 Å². The second-order valence-electron chi connectivity index (χ2n) is 5.15. The maximum absolute atomic E-state index is 5.45. The number of hydrogen-bond acceptors (Lipinski definition) is 4. The highest BCUT2D eigenvalue weighted by molar-refractivity contribution is 5.74. The Labute approximate surface area is 120 Å². The molecule has 20 heavy (non-hydrogen) atoms. The Balaban J connectivity index is 0.000000704. The number of hydrogen-bond donors (Lipinski definition) is 0. The van der Waals surface area contributed by atoms with Crippen molar-refractivity contribution in [1.82, 2.24) is 19.5 Å². The van der Waals surface area contributed by atoms with Crippen LogP contribution >= 0.6 is 0 Å². The average molecular weight is 276 g/mol. The van der Waals surface area contributed by atoms with Gasteiger partial charge in [-0.1, -0.05) is 27.7 Å². The summed E-state index contributed by atoms with van der Waals surface area (Å²) in [6.45, 7) is 11.8. The minimum atomic E-state index is 0.359. The molecule has 1 atom stereocenters. The van der Waals surface area contributed by atoms with Crippen molar-refractivity contribution in [3.8, 4) is 0 Å². The molecule has 0 aliphatic carbocycles. The highest BCUT2D eigenvalue weighted by Crippen LogP contribution is 2.26. The SMILES string of the molecule is CC.Cc1nc(C(C)C)c2ncn(C3CCOC3)c2n1. The van der Waals surface area contributed by atoms with E-state index in [1.54, 1.807) is 0 Å². The van der Waals surface area contributed by atoms with Crippen LogP contribution in [0.5, 0.6) is 0 Å². The highest BCUT2D eigenvalue weighted by Gasteiger charge is 2.22. The van der Waals surface area contributed by atoms with Crippen molar-refractivity contribution >= 4 is 11.2 Å². The molecule has 2 aromatic rings. The van der Waals surface area contributed by atoms with Crippen LogP contribution < -0.4 is 0 Å². The van der Waals surface area contributed by atoms with Gasteiger partial charge in [-0.2, -0.15) is 0 Å². The third-order valence-electron chi connectivity index (χ3n) is 3.41. The van der Waals surface area contributed by atoms with Gasteiger partial charge < -0.3 is 9.30 Å². The van der Waals surface area contributed by atoms with Crippen LogP contribution in [-0.2, 0) is 4.74 Å². The summed E-state index contributed by atoms with van der Waals surface area (Å²) in [4.78, 5) is 13.6. The molecule has 3 rings (SSSR count). The molecule has 1 aliphatic rings. The molecule has 0 radical (unpaired) electrons. The van der Waals surface area contributed by atoms with Crippen molar-refractivity contribution in [3.05, 3.63) is 17.8 Å². The number of ether oxygens (including phenoxy) is 1. The lowest BCUT2D eigenvalue weighted by atomic mass is 10.1. The van der Waals surface area contributed by atoms with Gasteiger partial charge in [-0.25, -0.2) is 15.0 Å². The quantitative estimate of drug-likeness (QED) is 0.845. The first-order valence-electron chi connectivity index (χ1n) is 7.45. The van der Waals surface area contributed by atoms with Crippen molar-refractivity contribution in [2.24, 2.45) is 0 Å². The lowest BCUT2D eigenvalue weighted by Gasteiger charge is -2.11. The topological polar surface area (TPSA) is 52.8 Å². The van der Waals surface area contributed by atoms with Gasteiger partial charge in [0.1, 0.15) is 11.3 Å². The minimum Gasteiger partial charge on any atom is -0.379 e. The van der Waals surface area contributed by atoms with E-state index in [1.165, 1.54) is 0 Å². The van der Waals surface area contributed by atoms with E-state index in [2.05, 4.69) is 33.4 Å². The van der Waals surface area contributed by atoms with E-state index < -0.39 is 0 Å². The van der Waals surface area contributed by atoms with Crippen molar-refractivity contribution < 1.29 is 4.74 Å². The van der Waals surface area contributed by atoms with Gasteiger partial charge in [0, 0.05) is 6.61 Å². The molecule has 1 unspecified atom stereocenters. The summed E-state index contributed by atoms with van der Waals surface area (Å²) in [5, 5.41) is 0. The van der Waals surface area contributed by atoms with Crippen molar-refractivity contribution in [2.45, 2.75) is 53.0 Å². The minimum absolute atomic E-state index is 0.359. The Hall–Kier alpha value is -1.49. The molecular weight excluding hydrogens is 252 g/mol. The molecule has 5 nitrogen and oxygen atoms in total. The Kier molecular flexibility index (Phi) is 4.70. The smallest absolute Gasteiger partial charge is 0.164 e. The summed E-state index contributed by atoms with van der Waals surface area (Å²) in [7, 11) is 0. The van der Waals surface area contributed by atoms with Gasteiger partial charge in [-0.05, 0) is 19.3 Å². The molecule has 5 heteroatoms. The van der Waals surface area contributed by atoms with Crippen LogP contribution in [0.4, 0.5) is 0 Å². The second-order valence-corrected chi connectivity index (χ2v) is 5.15. The Morgan fingerprint density at radius 3 is 2.65 bits per heavy atom. The molecule has 1 saturated heterocycles. The van der Waals surface area contributed by atoms with E-state index in [0.717, 1.165) is 42.3 Å². The van der Waals surface area contributed by atoms with Crippen LogP contribution in [0, 0.1) is 6.92 Å². The first-order chi connectivity index (χ1) is 9.66. The molecule has 1 aliphatic heterocycles. The molecule has 2 aromatic heterocycles. The summed E-state index contributed by atoms with van der Waals surface area (Å²) < 4.78 is 7.59. The van der Waals surface area contributed by atoms with Crippen LogP contribution in [0.3, 0.4) is 0 Å². The maximum Gasteiger partial charge on any atom is 0.164 e. The molecule has 3 heterocycles. The lowest BCUT2D eigenvalue weighted by Crippen LogP contribution is -2.09. The van der Waals surface area contributed by atoms with Gasteiger partial charge in [0.2, 0.25) is 0 Å². The zero-order chi connectivity index (χ0) is 14.7. The molecule has 0 bridgehead atoms. The molecular formula is C15H24N4O. The van der Waals surface area contributed by atoms with Gasteiger partial charge in [-0.15, -0.1) is 0 Å². The summed E-state index contributed by atoms with van der Waals surface area (Å²) in [5.41, 5.74) is 2.92. The van der Waals surface area contributed by atoms with E-state index in [4.69, 9.17) is 4.74 Å². The third-order valence-corrected chi connectivity index (χ3v) is 3.41. The third kappa shape index (κ3) is 2.68. The lowest BCUT2D eigenvalue weighted by molar-refractivity contribution is 0.187. The Morgan fingerprint density at radius 2 is 2.05 bits per heavy atom. The number of fused-ring (bicyclic) bond motifs is 1. The number of nitrogens with zero attached hydrogens (tertiary/aromatic N) is 4. The Morgan fingerprint density at radius 1 is 1.30 bits per heavy atom. The van der Waals surface area contributed by atoms with Crippen LogP contribution in [-0.4, -0.2) is 32.7 Å². The number of aromatic nitrogens is 4. The average Bonchev–Trinajstić information content (AvgIpc) is 3.07. The van der Waals surface area contributed by atoms with Gasteiger partial charge >= 0.3 is 0 Å². The molecule has 0 saturated carbocycles. The fourth-order valence-electron chi connectivity index (χ4n) is 2.46. The molecule has 0 N–H and O–H groups in total. The van der Waals surface area contributed by atoms with E-state index in [0.29, 0.717) is 12.0 Å². The highest BCUT2D eigenvalue weighted by atomic mass is 16.5. The van der Waals surface area contributed by atoms with E-state index in [-0.39, 0.29) is 0 Å². The fraction of sp³-hybridized carbons (Fsp3) is 0.667. The molecule has 0 aromatic carbocycles. The van der Waals surface area contributed by atoms with Crippen molar-refractivity contribution in [3.63, 3.8) is 0 Å². The normalized spacial score (nSPS) is 18.4. The van der Waals surface area contributed by atoms with Crippen molar-refractivity contribution in [1.29, 1.82) is 0 Å². The Bertz CT molecular complexity index is 571. The zero-order valence-corrected chi connectivity index (χ0v) is 13.1.